The van der Waals surface area contributed by atoms with Crippen molar-refractivity contribution < 1.29 is 9.59 Å². The normalized spacial score (nSPS) is 18.8. The zero-order valence-electron chi connectivity index (χ0n) is 15.9. The lowest BCUT2D eigenvalue weighted by atomic mass is 10.0. The Hall–Kier alpha value is -2.66. The zero-order chi connectivity index (χ0) is 19.4. The number of rotatable bonds is 5. The van der Waals surface area contributed by atoms with Crippen LogP contribution in [0.3, 0.4) is 0 Å². The summed E-state index contributed by atoms with van der Waals surface area (Å²) in [7, 11) is 0. The van der Waals surface area contributed by atoms with E-state index in [1.165, 1.54) is 5.56 Å². The van der Waals surface area contributed by atoms with Crippen LogP contribution in [0.4, 0.5) is 5.69 Å². The van der Waals surface area contributed by atoms with E-state index in [4.69, 9.17) is 5.73 Å². The monoisotopic (exact) mass is 365 g/mol. The number of carbonyl (C=O) groups is 2. The highest BCUT2D eigenvalue weighted by molar-refractivity contribution is 5.96. The molecule has 1 heterocycles. The van der Waals surface area contributed by atoms with Gasteiger partial charge >= 0.3 is 0 Å². The molecule has 0 bridgehead atoms. The lowest BCUT2D eigenvalue weighted by Gasteiger charge is -2.25. The first-order chi connectivity index (χ1) is 13.0. The highest BCUT2D eigenvalue weighted by Crippen LogP contribution is 2.33. The van der Waals surface area contributed by atoms with Crippen molar-refractivity contribution in [1.29, 1.82) is 0 Å². The summed E-state index contributed by atoms with van der Waals surface area (Å²) >= 11 is 0. The molecule has 1 fully saturated rings. The molecule has 0 aromatic heterocycles. The molecule has 2 aromatic carbocycles. The Bertz CT molecular complexity index is 787. The maximum absolute atomic E-state index is 13.0. The summed E-state index contributed by atoms with van der Waals surface area (Å²) in [5.74, 6) is -0.363. The molecule has 142 valence electrons. The van der Waals surface area contributed by atoms with Crippen molar-refractivity contribution >= 4 is 17.5 Å². The molecular weight excluding hydrogens is 338 g/mol. The van der Waals surface area contributed by atoms with Gasteiger partial charge in [-0.15, -0.1) is 0 Å². The van der Waals surface area contributed by atoms with Gasteiger partial charge in [0, 0.05) is 23.8 Å². The molecule has 0 aliphatic carbocycles. The first-order valence-corrected chi connectivity index (χ1v) is 9.50. The molecule has 1 aliphatic rings. The van der Waals surface area contributed by atoms with E-state index in [0.717, 1.165) is 19.4 Å². The van der Waals surface area contributed by atoms with Crippen LogP contribution >= 0.6 is 0 Å². The van der Waals surface area contributed by atoms with E-state index in [1.807, 2.05) is 30.0 Å². The Balaban J connectivity index is 1.69. The molecule has 0 spiro atoms. The predicted octanol–water partition coefficient (Wildman–Crippen LogP) is 3.59. The van der Waals surface area contributed by atoms with Crippen molar-refractivity contribution in [2.24, 2.45) is 11.7 Å². The highest BCUT2D eigenvalue weighted by Gasteiger charge is 2.30. The number of anilines is 1. The van der Waals surface area contributed by atoms with Gasteiger partial charge in [0.2, 0.25) is 5.91 Å². The van der Waals surface area contributed by atoms with Gasteiger partial charge in [0.15, 0.2) is 0 Å². The van der Waals surface area contributed by atoms with Gasteiger partial charge in [0.05, 0.1) is 12.0 Å². The van der Waals surface area contributed by atoms with Gasteiger partial charge in [-0.1, -0.05) is 37.3 Å². The Labute approximate surface area is 160 Å². The fourth-order valence-electron chi connectivity index (χ4n) is 3.39. The number of nitrogens with zero attached hydrogens (tertiary/aromatic N) is 1. The van der Waals surface area contributed by atoms with Crippen molar-refractivity contribution in [2.75, 3.05) is 11.9 Å². The van der Waals surface area contributed by atoms with Crippen molar-refractivity contribution in [1.82, 2.24) is 4.90 Å². The van der Waals surface area contributed by atoms with Gasteiger partial charge in [-0.2, -0.15) is 0 Å². The Morgan fingerprint density at radius 3 is 2.37 bits per heavy atom. The zero-order valence-corrected chi connectivity index (χ0v) is 15.9. The molecule has 3 unspecified atom stereocenters. The molecule has 2 amide bonds. The number of benzene rings is 2. The molecule has 5 nitrogen and oxygen atoms in total. The Morgan fingerprint density at radius 1 is 1.07 bits per heavy atom. The third-order valence-corrected chi connectivity index (χ3v) is 5.30. The smallest absolute Gasteiger partial charge is 0.254 e. The van der Waals surface area contributed by atoms with E-state index in [2.05, 4.69) is 17.4 Å². The number of nitrogens with two attached hydrogens (primary N) is 1. The molecular formula is C22H27N3O2. The van der Waals surface area contributed by atoms with Gasteiger partial charge in [-0.25, -0.2) is 0 Å². The van der Waals surface area contributed by atoms with Crippen LogP contribution in [-0.4, -0.2) is 29.3 Å². The molecule has 2 aromatic rings. The summed E-state index contributed by atoms with van der Waals surface area (Å²) in [4.78, 5) is 27.0. The first kappa shape index (κ1) is 19.1. The second-order valence-electron chi connectivity index (χ2n) is 7.28. The van der Waals surface area contributed by atoms with Crippen LogP contribution in [0.15, 0.2) is 54.6 Å². The number of hydrogen-bond donors (Lipinski definition) is 2. The molecule has 0 saturated carbocycles. The van der Waals surface area contributed by atoms with Crippen molar-refractivity contribution in [3.63, 3.8) is 0 Å². The fourth-order valence-corrected chi connectivity index (χ4v) is 3.39. The van der Waals surface area contributed by atoms with Crippen LogP contribution in [0.5, 0.6) is 0 Å². The molecule has 1 saturated heterocycles. The van der Waals surface area contributed by atoms with Crippen molar-refractivity contribution in [2.45, 2.75) is 38.8 Å². The predicted molar refractivity (Wildman–Crippen MR) is 107 cm³/mol. The fraction of sp³-hybridized carbons (Fsp3) is 0.364. The Morgan fingerprint density at radius 2 is 1.74 bits per heavy atom. The van der Waals surface area contributed by atoms with E-state index in [0.29, 0.717) is 11.3 Å². The van der Waals surface area contributed by atoms with Gasteiger partial charge in [0.25, 0.3) is 5.91 Å². The number of nitrogens with one attached hydrogen (secondary N) is 1. The maximum atomic E-state index is 13.0. The summed E-state index contributed by atoms with van der Waals surface area (Å²) in [5.41, 5.74) is 8.26. The van der Waals surface area contributed by atoms with E-state index in [-0.39, 0.29) is 29.8 Å². The van der Waals surface area contributed by atoms with Gasteiger partial charge < -0.3 is 16.0 Å². The van der Waals surface area contributed by atoms with E-state index < -0.39 is 0 Å². The van der Waals surface area contributed by atoms with E-state index in [9.17, 15) is 9.59 Å². The van der Waals surface area contributed by atoms with Crippen LogP contribution in [0, 0.1) is 5.92 Å². The summed E-state index contributed by atoms with van der Waals surface area (Å²) in [6.07, 6.45) is 1.99. The third kappa shape index (κ3) is 4.37. The molecule has 3 N–H and O–H groups in total. The van der Waals surface area contributed by atoms with Crippen LogP contribution in [0.2, 0.25) is 0 Å². The minimum absolute atomic E-state index is 0.0307. The first-order valence-electron chi connectivity index (χ1n) is 9.50. The molecule has 1 aliphatic heterocycles. The molecule has 3 atom stereocenters. The van der Waals surface area contributed by atoms with Crippen LogP contribution in [0.1, 0.15) is 48.7 Å². The van der Waals surface area contributed by atoms with E-state index >= 15 is 0 Å². The third-order valence-electron chi connectivity index (χ3n) is 5.30. The van der Waals surface area contributed by atoms with Crippen molar-refractivity contribution in [3.05, 3.63) is 65.7 Å². The minimum Gasteiger partial charge on any atom is -0.332 e. The highest BCUT2D eigenvalue weighted by atomic mass is 16.2. The van der Waals surface area contributed by atoms with E-state index in [1.54, 1.807) is 31.2 Å². The lowest BCUT2D eigenvalue weighted by molar-refractivity contribution is -0.119. The summed E-state index contributed by atoms with van der Waals surface area (Å²) < 4.78 is 0. The summed E-state index contributed by atoms with van der Waals surface area (Å²) in [6.45, 7) is 4.38. The lowest BCUT2D eigenvalue weighted by Crippen LogP contribution is -2.34. The summed E-state index contributed by atoms with van der Waals surface area (Å²) in [5, 5.41) is 2.85. The van der Waals surface area contributed by atoms with Crippen molar-refractivity contribution in [3.8, 4) is 0 Å². The largest absolute Gasteiger partial charge is 0.332 e. The Kier molecular flexibility index (Phi) is 5.91. The maximum Gasteiger partial charge on any atom is 0.254 e. The average Bonchev–Trinajstić information content (AvgIpc) is 3.17. The topological polar surface area (TPSA) is 75.4 Å². The second-order valence-corrected chi connectivity index (χ2v) is 7.28. The van der Waals surface area contributed by atoms with Gasteiger partial charge in [0.1, 0.15) is 0 Å². The van der Waals surface area contributed by atoms with Crippen LogP contribution in [0.25, 0.3) is 0 Å². The quantitative estimate of drug-likeness (QED) is 0.850. The van der Waals surface area contributed by atoms with Gasteiger partial charge in [-0.3, -0.25) is 9.59 Å². The molecule has 27 heavy (non-hydrogen) atoms. The average molecular weight is 365 g/mol. The number of amides is 2. The molecule has 0 radical (unpaired) electrons. The SMILES string of the molecule is CC(N)C(C)C(=O)Nc1ccc(C(=O)N2CCCC2c2ccccc2)cc1. The molecule has 3 rings (SSSR count). The van der Waals surface area contributed by atoms with Gasteiger partial charge in [-0.05, 0) is 49.6 Å². The van der Waals surface area contributed by atoms with Crippen LogP contribution < -0.4 is 11.1 Å². The number of hydrogen-bond acceptors (Lipinski definition) is 3. The number of likely N-dealkylation sites (tertiary alicyclic amines) is 1. The summed E-state index contributed by atoms with van der Waals surface area (Å²) in [6, 6.07) is 17.2. The molecule has 5 heteroatoms. The number of carbonyl (C=O) groups excluding carboxylic acids is 2. The standard InChI is InChI=1S/C22H27N3O2/c1-15(16(2)23)21(26)24-19-12-10-18(11-13-19)22(27)25-14-6-9-20(25)17-7-4-3-5-8-17/h3-5,7-8,10-13,15-16,20H,6,9,14,23H2,1-2H3,(H,24,26). The second kappa shape index (κ2) is 8.35. The minimum atomic E-state index is -0.275. The van der Waals surface area contributed by atoms with Crippen LogP contribution in [-0.2, 0) is 4.79 Å².